The van der Waals surface area contributed by atoms with E-state index in [4.69, 9.17) is 13.8 Å². The Morgan fingerprint density at radius 3 is 2.29 bits per heavy atom. The summed E-state index contributed by atoms with van der Waals surface area (Å²) < 4.78 is 31.1. The number of esters is 1. The fourth-order valence-electron chi connectivity index (χ4n) is 3.36. The Morgan fingerprint density at radius 1 is 0.853 bits per heavy atom. The van der Waals surface area contributed by atoms with Gasteiger partial charge in [-0.05, 0) is 43.0 Å². The van der Waals surface area contributed by atoms with Crippen molar-refractivity contribution in [3.8, 4) is 11.5 Å². The van der Waals surface area contributed by atoms with E-state index in [1.807, 2.05) is 85.8 Å². The van der Waals surface area contributed by atoms with E-state index in [0.29, 0.717) is 11.5 Å². The highest BCUT2D eigenvalue weighted by atomic mass is 31.2. The number of aryl methyl sites for hydroxylation is 1. The summed E-state index contributed by atoms with van der Waals surface area (Å²) in [6.07, 6.45) is 0. The zero-order chi connectivity index (χ0) is 24.0. The van der Waals surface area contributed by atoms with E-state index in [0.717, 1.165) is 21.9 Å². The average molecular weight is 475 g/mol. The molecule has 0 aliphatic rings. The first-order valence-electron chi connectivity index (χ1n) is 10.9. The number of hydrogen-bond donors (Lipinski definition) is 1. The smallest absolute Gasteiger partial charge is 0.460 e. The van der Waals surface area contributed by atoms with Gasteiger partial charge in [0.05, 0.1) is 0 Å². The van der Waals surface area contributed by atoms with Crippen LogP contribution >= 0.6 is 7.75 Å². The van der Waals surface area contributed by atoms with Crippen LogP contribution in [0.4, 0.5) is 0 Å². The van der Waals surface area contributed by atoms with Gasteiger partial charge in [0.25, 0.3) is 0 Å². The highest BCUT2D eigenvalue weighted by Gasteiger charge is 2.34. The SMILES string of the molecule is Cc1ccc(OP(=O)(N[C@@H](C)C(=O)OCc2ccccc2)Oc2cccc3ccccc23)cc1. The summed E-state index contributed by atoms with van der Waals surface area (Å²) in [6.45, 7) is 3.61. The van der Waals surface area contributed by atoms with Gasteiger partial charge >= 0.3 is 13.7 Å². The molecule has 0 saturated heterocycles. The molecule has 0 aromatic heterocycles. The number of nitrogens with one attached hydrogen (secondary N) is 1. The Labute approximate surface area is 199 Å². The van der Waals surface area contributed by atoms with Gasteiger partial charge in [-0.2, -0.15) is 5.09 Å². The van der Waals surface area contributed by atoms with E-state index in [1.54, 1.807) is 25.1 Å². The molecule has 0 aliphatic carbocycles. The minimum atomic E-state index is -4.04. The molecule has 4 aromatic carbocycles. The van der Waals surface area contributed by atoms with Crippen molar-refractivity contribution in [2.45, 2.75) is 26.5 Å². The van der Waals surface area contributed by atoms with Crippen LogP contribution in [-0.4, -0.2) is 12.0 Å². The van der Waals surface area contributed by atoms with E-state index in [-0.39, 0.29) is 6.61 Å². The van der Waals surface area contributed by atoms with Crippen molar-refractivity contribution in [1.82, 2.24) is 5.09 Å². The molecule has 34 heavy (non-hydrogen) atoms. The van der Waals surface area contributed by atoms with Crippen molar-refractivity contribution in [2.24, 2.45) is 0 Å². The number of fused-ring (bicyclic) bond motifs is 1. The molecule has 0 saturated carbocycles. The first kappa shape index (κ1) is 23.6. The van der Waals surface area contributed by atoms with Crippen molar-refractivity contribution in [3.63, 3.8) is 0 Å². The van der Waals surface area contributed by atoms with Crippen molar-refractivity contribution < 1.29 is 23.1 Å². The zero-order valence-electron chi connectivity index (χ0n) is 19.0. The molecule has 6 nitrogen and oxygen atoms in total. The van der Waals surface area contributed by atoms with Gasteiger partial charge < -0.3 is 13.8 Å². The third-order valence-electron chi connectivity index (χ3n) is 5.14. The molecular formula is C27H26NO5P. The lowest BCUT2D eigenvalue weighted by atomic mass is 10.1. The third kappa shape index (κ3) is 6.04. The Kier molecular flexibility index (Phi) is 7.31. The molecule has 174 valence electrons. The van der Waals surface area contributed by atoms with Crippen molar-refractivity contribution in [3.05, 3.63) is 108 Å². The number of carbonyl (C=O) groups excluding carboxylic acids is 1. The molecule has 1 unspecified atom stereocenters. The van der Waals surface area contributed by atoms with Gasteiger partial charge in [0, 0.05) is 5.39 Å². The maximum absolute atomic E-state index is 13.9. The summed E-state index contributed by atoms with van der Waals surface area (Å²) in [4.78, 5) is 12.6. The van der Waals surface area contributed by atoms with E-state index in [9.17, 15) is 9.36 Å². The number of benzene rings is 4. The first-order valence-corrected chi connectivity index (χ1v) is 12.5. The monoisotopic (exact) mass is 475 g/mol. The molecule has 0 bridgehead atoms. The second-order valence-corrected chi connectivity index (χ2v) is 9.53. The molecule has 2 atom stereocenters. The topological polar surface area (TPSA) is 73.9 Å². The molecule has 0 spiro atoms. The summed E-state index contributed by atoms with van der Waals surface area (Å²) in [6, 6.07) is 28.5. The van der Waals surface area contributed by atoms with Gasteiger partial charge in [0.15, 0.2) is 0 Å². The first-order chi connectivity index (χ1) is 16.4. The maximum Gasteiger partial charge on any atom is 0.513 e. The third-order valence-corrected chi connectivity index (χ3v) is 6.74. The van der Waals surface area contributed by atoms with Gasteiger partial charge in [0.1, 0.15) is 24.1 Å². The van der Waals surface area contributed by atoms with Crippen LogP contribution in [0.3, 0.4) is 0 Å². The molecule has 0 amide bonds. The minimum Gasteiger partial charge on any atom is -0.460 e. The van der Waals surface area contributed by atoms with Crippen LogP contribution in [0.5, 0.6) is 11.5 Å². The van der Waals surface area contributed by atoms with Crippen molar-refractivity contribution >= 4 is 24.5 Å². The molecule has 1 N–H and O–H groups in total. The highest BCUT2D eigenvalue weighted by Crippen LogP contribution is 2.47. The standard InChI is InChI=1S/C27H26NO5P/c1-20-15-17-24(18-16-20)32-34(30,33-26-14-8-12-23-11-6-7-13-25(23)26)28-21(2)27(29)31-19-22-9-4-3-5-10-22/h3-18,21H,19H2,1-2H3,(H,28,30)/t21-,34?/m0/s1. The molecule has 0 aliphatic heterocycles. The Bertz CT molecular complexity index is 1300. The molecular weight excluding hydrogens is 449 g/mol. The van der Waals surface area contributed by atoms with E-state index in [2.05, 4.69) is 5.09 Å². The summed E-state index contributed by atoms with van der Waals surface area (Å²) >= 11 is 0. The lowest BCUT2D eigenvalue weighted by molar-refractivity contribution is -0.146. The normalized spacial score (nSPS) is 13.6. The lowest BCUT2D eigenvalue weighted by Gasteiger charge is -2.23. The zero-order valence-corrected chi connectivity index (χ0v) is 19.9. The maximum atomic E-state index is 13.9. The Hall–Kier alpha value is -3.60. The Balaban J connectivity index is 1.56. The summed E-state index contributed by atoms with van der Waals surface area (Å²) in [5.41, 5.74) is 1.89. The molecule has 0 heterocycles. The van der Waals surface area contributed by atoms with Gasteiger partial charge in [-0.1, -0.05) is 84.4 Å². The second kappa shape index (κ2) is 10.6. The lowest BCUT2D eigenvalue weighted by Crippen LogP contribution is -2.35. The second-order valence-electron chi connectivity index (χ2n) is 7.91. The number of rotatable bonds is 9. The van der Waals surface area contributed by atoms with E-state index < -0.39 is 19.8 Å². The van der Waals surface area contributed by atoms with Gasteiger partial charge in [-0.3, -0.25) is 4.79 Å². The quantitative estimate of drug-likeness (QED) is 0.222. The predicted molar refractivity (Wildman–Crippen MR) is 133 cm³/mol. The molecule has 4 aromatic rings. The minimum absolute atomic E-state index is 0.110. The van der Waals surface area contributed by atoms with Crippen LogP contribution in [0.25, 0.3) is 10.8 Å². The predicted octanol–water partition coefficient (Wildman–Crippen LogP) is 6.44. The van der Waals surface area contributed by atoms with Gasteiger partial charge in [-0.15, -0.1) is 0 Å². The van der Waals surface area contributed by atoms with Crippen LogP contribution in [0.1, 0.15) is 18.1 Å². The Morgan fingerprint density at radius 2 is 1.53 bits per heavy atom. The largest absolute Gasteiger partial charge is 0.513 e. The summed E-state index contributed by atoms with van der Waals surface area (Å²) in [5, 5.41) is 4.45. The molecule has 4 rings (SSSR count). The van der Waals surface area contributed by atoms with Crippen LogP contribution in [0.15, 0.2) is 97.1 Å². The van der Waals surface area contributed by atoms with Crippen LogP contribution in [-0.2, 0) is 20.7 Å². The number of hydrogen-bond acceptors (Lipinski definition) is 5. The molecule has 7 heteroatoms. The van der Waals surface area contributed by atoms with Crippen LogP contribution in [0, 0.1) is 6.92 Å². The van der Waals surface area contributed by atoms with Crippen LogP contribution < -0.4 is 14.1 Å². The summed E-state index contributed by atoms with van der Waals surface area (Å²) in [7, 11) is -4.04. The molecule has 0 radical (unpaired) electrons. The van der Waals surface area contributed by atoms with Crippen molar-refractivity contribution in [1.29, 1.82) is 0 Å². The fraction of sp³-hybridized carbons (Fsp3) is 0.148. The van der Waals surface area contributed by atoms with E-state index in [1.165, 1.54) is 0 Å². The van der Waals surface area contributed by atoms with Crippen molar-refractivity contribution in [2.75, 3.05) is 0 Å². The summed E-state index contributed by atoms with van der Waals surface area (Å²) in [5.74, 6) is 0.163. The van der Waals surface area contributed by atoms with Gasteiger partial charge in [0.2, 0.25) is 0 Å². The molecule has 0 fully saturated rings. The number of ether oxygens (including phenoxy) is 1. The number of carbonyl (C=O) groups is 1. The van der Waals surface area contributed by atoms with Gasteiger partial charge in [-0.25, -0.2) is 4.57 Å². The average Bonchev–Trinajstić information content (AvgIpc) is 2.84. The highest BCUT2D eigenvalue weighted by molar-refractivity contribution is 7.52. The van der Waals surface area contributed by atoms with Crippen LogP contribution in [0.2, 0.25) is 0 Å². The fourth-order valence-corrected chi connectivity index (χ4v) is 4.90. The van der Waals surface area contributed by atoms with E-state index >= 15 is 0 Å².